The molecule has 34 heavy (non-hydrogen) atoms. The molecule has 6 rings (SSSR count). The van der Waals surface area contributed by atoms with Crippen molar-refractivity contribution in [3.8, 4) is 11.5 Å². The van der Waals surface area contributed by atoms with Crippen molar-refractivity contribution in [3.05, 3.63) is 58.3 Å². The zero-order valence-electron chi connectivity index (χ0n) is 18.3. The summed E-state index contributed by atoms with van der Waals surface area (Å²) in [4.78, 5) is 33.7. The first-order chi connectivity index (χ1) is 16.5. The molecule has 0 radical (unpaired) electrons. The van der Waals surface area contributed by atoms with E-state index >= 15 is 0 Å². The molecule has 2 aliphatic heterocycles. The molecule has 2 aromatic carbocycles. The van der Waals surface area contributed by atoms with Crippen LogP contribution in [0.15, 0.2) is 47.7 Å². The van der Waals surface area contributed by atoms with Crippen molar-refractivity contribution in [1.29, 1.82) is 0 Å². The zero-order chi connectivity index (χ0) is 23.6. The van der Waals surface area contributed by atoms with E-state index in [9.17, 15) is 14.7 Å². The Morgan fingerprint density at radius 2 is 2.00 bits per heavy atom. The number of benzene rings is 2. The van der Waals surface area contributed by atoms with E-state index in [1.807, 2.05) is 0 Å². The summed E-state index contributed by atoms with van der Waals surface area (Å²) in [6, 6.07) is 9.49. The van der Waals surface area contributed by atoms with Crippen LogP contribution < -0.4 is 9.64 Å². The Kier molecular flexibility index (Phi) is 5.04. The number of ketones is 1. The highest BCUT2D eigenvalue weighted by molar-refractivity contribution is 7.22. The topological polar surface area (TPSA) is 89.0 Å². The van der Waals surface area contributed by atoms with Gasteiger partial charge in [0.1, 0.15) is 6.10 Å². The van der Waals surface area contributed by atoms with Gasteiger partial charge in [0.25, 0.3) is 5.91 Å². The summed E-state index contributed by atoms with van der Waals surface area (Å²) in [5.41, 5.74) is 1.71. The molecule has 1 fully saturated rings. The largest absolute Gasteiger partial charge is 0.504 e. The third-order valence-electron chi connectivity index (χ3n) is 6.83. The molecule has 1 amide bonds. The number of methoxy groups -OCH3 is 1. The van der Waals surface area contributed by atoms with Gasteiger partial charge in [-0.3, -0.25) is 14.5 Å². The number of amides is 1. The zero-order valence-corrected chi connectivity index (χ0v) is 19.9. The van der Waals surface area contributed by atoms with Crippen LogP contribution in [0, 0.1) is 5.92 Å². The van der Waals surface area contributed by atoms with Crippen molar-refractivity contribution in [2.24, 2.45) is 5.92 Å². The normalized spacial score (nSPS) is 24.3. The second kappa shape index (κ2) is 7.99. The van der Waals surface area contributed by atoms with Gasteiger partial charge in [-0.2, -0.15) is 0 Å². The number of ether oxygens (including phenoxy) is 2. The molecular weight excluding hydrogens is 476 g/mol. The van der Waals surface area contributed by atoms with Crippen molar-refractivity contribution in [2.75, 3.05) is 12.0 Å². The van der Waals surface area contributed by atoms with E-state index in [0.29, 0.717) is 26.8 Å². The predicted octanol–water partition coefficient (Wildman–Crippen LogP) is 5.16. The number of hydrogen-bond acceptors (Lipinski definition) is 7. The molecule has 7 nitrogen and oxygen atoms in total. The lowest BCUT2D eigenvalue weighted by Crippen LogP contribution is -2.39. The molecule has 9 heteroatoms. The van der Waals surface area contributed by atoms with Crippen LogP contribution in [0.25, 0.3) is 10.2 Å². The van der Waals surface area contributed by atoms with Gasteiger partial charge in [-0.05, 0) is 55.2 Å². The van der Waals surface area contributed by atoms with Crippen LogP contribution in [0.1, 0.15) is 37.3 Å². The minimum Gasteiger partial charge on any atom is -0.504 e. The third kappa shape index (κ3) is 3.20. The van der Waals surface area contributed by atoms with E-state index in [4.69, 9.17) is 21.1 Å². The fourth-order valence-electron chi connectivity index (χ4n) is 5.21. The molecule has 1 N–H and O–H groups in total. The molecule has 3 aliphatic rings. The van der Waals surface area contributed by atoms with Crippen LogP contribution in [-0.2, 0) is 14.3 Å². The van der Waals surface area contributed by atoms with Crippen LogP contribution in [0.5, 0.6) is 11.5 Å². The summed E-state index contributed by atoms with van der Waals surface area (Å²) in [6.07, 6.45) is 3.18. The van der Waals surface area contributed by atoms with Gasteiger partial charge >= 0.3 is 0 Å². The van der Waals surface area contributed by atoms with Gasteiger partial charge in [0.15, 0.2) is 28.2 Å². The Bertz CT molecular complexity index is 1380. The number of carbonyl (C=O) groups is 2. The van der Waals surface area contributed by atoms with Crippen LogP contribution in [0.4, 0.5) is 5.13 Å². The highest BCUT2D eigenvalue weighted by Gasteiger charge is 2.53. The maximum absolute atomic E-state index is 13.8. The number of Topliss-reactive ketones (excluding diaryl/α,β-unsaturated/α-hetero) is 1. The number of rotatable bonds is 3. The van der Waals surface area contributed by atoms with E-state index in [0.717, 1.165) is 30.4 Å². The van der Waals surface area contributed by atoms with Crippen LogP contribution in [-0.4, -0.2) is 35.0 Å². The molecule has 0 saturated heterocycles. The third-order valence-corrected chi connectivity index (χ3v) is 8.08. The predicted molar refractivity (Wildman–Crippen MR) is 128 cm³/mol. The van der Waals surface area contributed by atoms with Crippen molar-refractivity contribution in [2.45, 2.75) is 37.8 Å². The quantitative estimate of drug-likeness (QED) is 0.538. The molecule has 3 heterocycles. The molecular formula is C25H21ClN2O5S. The summed E-state index contributed by atoms with van der Waals surface area (Å²) in [6.45, 7) is 0. The van der Waals surface area contributed by atoms with Gasteiger partial charge in [0.05, 0.1) is 34.9 Å². The maximum Gasteiger partial charge on any atom is 0.296 e. The average Bonchev–Trinajstić information content (AvgIpc) is 3.38. The number of aromatic nitrogens is 1. The van der Waals surface area contributed by atoms with Crippen molar-refractivity contribution in [3.63, 3.8) is 0 Å². The first-order valence-corrected chi connectivity index (χ1v) is 12.4. The van der Waals surface area contributed by atoms with E-state index in [-0.39, 0.29) is 41.0 Å². The molecule has 1 aromatic heterocycles. The molecule has 1 saturated carbocycles. The first-order valence-electron chi connectivity index (χ1n) is 11.2. The number of fused-ring (bicyclic) bond motifs is 2. The first kappa shape index (κ1) is 21.4. The fourth-order valence-corrected chi connectivity index (χ4v) is 6.48. The van der Waals surface area contributed by atoms with Crippen LogP contribution in [0.3, 0.4) is 0 Å². The SMILES string of the molecule is COc1cc(C2C3=C(OC4CCCCC4C3=O)C(=O)N2c2nc3ccc(Cl)cc3s2)ccc1O. The lowest BCUT2D eigenvalue weighted by Gasteiger charge is -2.35. The minimum atomic E-state index is -0.733. The van der Waals surface area contributed by atoms with Gasteiger partial charge in [0.2, 0.25) is 0 Å². The fraction of sp³-hybridized carbons (Fsp3) is 0.320. The summed E-state index contributed by atoms with van der Waals surface area (Å²) in [7, 11) is 1.46. The summed E-state index contributed by atoms with van der Waals surface area (Å²) in [5.74, 6) is -0.324. The van der Waals surface area contributed by atoms with E-state index in [1.165, 1.54) is 29.4 Å². The second-order valence-corrected chi connectivity index (χ2v) is 10.2. The molecule has 174 valence electrons. The molecule has 3 unspecified atom stereocenters. The van der Waals surface area contributed by atoms with Crippen LogP contribution in [0.2, 0.25) is 5.02 Å². The summed E-state index contributed by atoms with van der Waals surface area (Å²) < 4.78 is 12.4. The van der Waals surface area contributed by atoms with E-state index in [1.54, 1.807) is 30.3 Å². The van der Waals surface area contributed by atoms with Crippen molar-refractivity contribution < 1.29 is 24.2 Å². The monoisotopic (exact) mass is 496 g/mol. The number of aromatic hydroxyl groups is 1. The lowest BCUT2D eigenvalue weighted by atomic mass is 9.77. The Morgan fingerprint density at radius 3 is 2.82 bits per heavy atom. The van der Waals surface area contributed by atoms with Gasteiger partial charge in [-0.25, -0.2) is 4.98 Å². The number of phenolic OH excluding ortho intramolecular Hbond substituents is 1. The Morgan fingerprint density at radius 1 is 1.18 bits per heavy atom. The number of hydrogen-bond donors (Lipinski definition) is 1. The molecule has 0 bridgehead atoms. The lowest BCUT2D eigenvalue weighted by molar-refractivity contribution is -0.131. The number of carbonyl (C=O) groups excluding carboxylic acids is 2. The van der Waals surface area contributed by atoms with Gasteiger partial charge in [0, 0.05) is 5.02 Å². The second-order valence-electron chi connectivity index (χ2n) is 8.77. The smallest absolute Gasteiger partial charge is 0.296 e. The number of anilines is 1. The molecule has 0 spiro atoms. The van der Waals surface area contributed by atoms with Crippen molar-refractivity contribution in [1.82, 2.24) is 4.98 Å². The van der Waals surface area contributed by atoms with E-state index < -0.39 is 6.04 Å². The Balaban J connectivity index is 1.53. The number of phenols is 1. The highest BCUT2D eigenvalue weighted by atomic mass is 35.5. The van der Waals surface area contributed by atoms with Gasteiger partial charge in [-0.1, -0.05) is 35.4 Å². The highest BCUT2D eigenvalue weighted by Crippen LogP contribution is 2.50. The van der Waals surface area contributed by atoms with Crippen LogP contribution >= 0.6 is 22.9 Å². The average molecular weight is 497 g/mol. The molecule has 1 aliphatic carbocycles. The van der Waals surface area contributed by atoms with Gasteiger partial charge in [-0.15, -0.1) is 0 Å². The number of thiazole rings is 1. The van der Waals surface area contributed by atoms with Gasteiger partial charge < -0.3 is 14.6 Å². The summed E-state index contributed by atoms with van der Waals surface area (Å²) in [5, 5.41) is 11.2. The molecule has 3 atom stereocenters. The Labute approximate surface area is 204 Å². The summed E-state index contributed by atoms with van der Waals surface area (Å²) >= 11 is 7.50. The maximum atomic E-state index is 13.8. The Hall–Kier alpha value is -3.10. The van der Waals surface area contributed by atoms with Crippen molar-refractivity contribution >= 4 is 50.0 Å². The number of nitrogens with zero attached hydrogens (tertiary/aromatic N) is 2. The van der Waals surface area contributed by atoms with E-state index in [2.05, 4.69) is 4.98 Å². The minimum absolute atomic E-state index is 0.0236. The molecule has 3 aromatic rings. The number of halogens is 1. The standard InChI is InChI=1S/C25H21ClN2O5S/c1-32-18-10-12(6-9-16(18)29)21-20-22(30)14-4-2-3-5-17(14)33-23(20)24(31)28(21)25-27-15-8-7-13(26)11-19(15)34-25/h6-11,14,17,21,29H,2-5H2,1H3.